The Balaban J connectivity index is 1.29. The van der Waals surface area contributed by atoms with Gasteiger partial charge in [-0.05, 0) is 70.8 Å². The second-order valence-electron chi connectivity index (χ2n) is 10.4. The van der Waals surface area contributed by atoms with Crippen LogP contribution in [0.3, 0.4) is 0 Å². The molecule has 5 rings (SSSR count). The number of fused-ring (bicyclic) bond motifs is 1. The van der Waals surface area contributed by atoms with Crippen LogP contribution in [0, 0.1) is 5.92 Å². The van der Waals surface area contributed by atoms with Crippen molar-refractivity contribution >= 4 is 22.8 Å². The predicted molar refractivity (Wildman–Crippen MR) is 156 cm³/mol. The van der Waals surface area contributed by atoms with Crippen LogP contribution in [-0.2, 0) is 11.3 Å². The minimum Gasteiger partial charge on any atom is -0.478 e. The van der Waals surface area contributed by atoms with Crippen LogP contribution in [0.15, 0.2) is 103 Å². The second-order valence-corrected chi connectivity index (χ2v) is 10.4. The van der Waals surface area contributed by atoms with E-state index in [4.69, 9.17) is 5.11 Å². The van der Waals surface area contributed by atoms with E-state index >= 15 is 0 Å². The summed E-state index contributed by atoms with van der Waals surface area (Å²) in [5, 5.41) is 15.4. The smallest absolute Gasteiger partial charge is 0.328 e. The molecule has 0 bridgehead atoms. The molecule has 0 saturated carbocycles. The Morgan fingerprint density at radius 2 is 1.71 bits per heavy atom. The van der Waals surface area contributed by atoms with Gasteiger partial charge >= 0.3 is 5.97 Å². The number of nitrogens with zero attached hydrogens (tertiary/aromatic N) is 1. The van der Waals surface area contributed by atoms with Gasteiger partial charge in [-0.15, -0.1) is 0 Å². The largest absolute Gasteiger partial charge is 0.478 e. The highest BCUT2D eigenvalue weighted by Gasteiger charge is 2.30. The predicted octanol–water partition coefficient (Wildman–Crippen LogP) is 6.89. The molecule has 2 unspecified atom stereocenters. The highest BCUT2D eigenvalue weighted by molar-refractivity contribution is 5.86. The molecule has 0 radical (unpaired) electrons. The van der Waals surface area contributed by atoms with Crippen LogP contribution in [0.5, 0.6) is 0 Å². The van der Waals surface area contributed by atoms with Gasteiger partial charge in [0, 0.05) is 31.8 Å². The average molecular weight is 505 g/mol. The molecular weight excluding hydrogens is 468 g/mol. The number of hydrogen-bond donors (Lipinski definition) is 2. The van der Waals surface area contributed by atoms with Gasteiger partial charge in [-0.3, -0.25) is 4.90 Å². The summed E-state index contributed by atoms with van der Waals surface area (Å²) in [6, 6.07) is 34.7. The third-order valence-corrected chi connectivity index (χ3v) is 7.83. The van der Waals surface area contributed by atoms with Gasteiger partial charge in [-0.2, -0.15) is 0 Å². The topological polar surface area (TPSA) is 52.6 Å². The van der Waals surface area contributed by atoms with Crippen molar-refractivity contribution in [2.45, 2.75) is 31.8 Å². The van der Waals surface area contributed by atoms with Gasteiger partial charge in [0.1, 0.15) is 0 Å². The van der Waals surface area contributed by atoms with E-state index in [1.165, 1.54) is 33.5 Å². The first-order valence-electron chi connectivity index (χ1n) is 13.5. The molecule has 0 spiro atoms. The number of carboxylic acid groups (broad SMARTS) is 1. The third-order valence-electron chi connectivity index (χ3n) is 7.83. The van der Waals surface area contributed by atoms with Crippen LogP contribution < -0.4 is 5.32 Å². The van der Waals surface area contributed by atoms with Crippen LogP contribution in [0.2, 0.25) is 0 Å². The van der Waals surface area contributed by atoms with Crippen LogP contribution in [0.1, 0.15) is 47.6 Å². The zero-order chi connectivity index (χ0) is 26.3. The summed E-state index contributed by atoms with van der Waals surface area (Å²) < 4.78 is 0. The normalized spacial score (nSPS) is 19.1. The monoisotopic (exact) mass is 504 g/mol. The van der Waals surface area contributed by atoms with Crippen LogP contribution in [0.4, 0.5) is 0 Å². The van der Waals surface area contributed by atoms with Crippen molar-refractivity contribution in [3.63, 3.8) is 0 Å². The van der Waals surface area contributed by atoms with Gasteiger partial charge in [0.15, 0.2) is 0 Å². The molecule has 1 fully saturated rings. The van der Waals surface area contributed by atoms with Gasteiger partial charge in [-0.1, -0.05) is 97.1 Å². The van der Waals surface area contributed by atoms with E-state index in [-0.39, 0.29) is 6.04 Å². The first-order valence-corrected chi connectivity index (χ1v) is 13.5. The van der Waals surface area contributed by atoms with Crippen molar-refractivity contribution in [3.05, 3.63) is 125 Å². The fourth-order valence-electron chi connectivity index (χ4n) is 5.82. The Morgan fingerprint density at radius 3 is 2.50 bits per heavy atom. The van der Waals surface area contributed by atoms with Crippen molar-refractivity contribution in [2.75, 3.05) is 19.6 Å². The maximum Gasteiger partial charge on any atom is 0.328 e. The lowest BCUT2D eigenvalue weighted by Crippen LogP contribution is -2.43. The molecule has 4 nitrogen and oxygen atoms in total. The molecule has 4 heteroatoms. The third kappa shape index (κ3) is 6.39. The van der Waals surface area contributed by atoms with Crippen LogP contribution in [-0.4, -0.2) is 35.6 Å². The molecule has 2 N–H and O–H groups in total. The number of rotatable bonds is 9. The maximum absolute atomic E-state index is 10.8. The minimum atomic E-state index is -0.926. The van der Waals surface area contributed by atoms with Gasteiger partial charge in [0.2, 0.25) is 0 Å². The van der Waals surface area contributed by atoms with Gasteiger partial charge in [0.25, 0.3) is 0 Å². The number of hydrogen-bond acceptors (Lipinski definition) is 3. The van der Waals surface area contributed by atoms with Gasteiger partial charge < -0.3 is 10.4 Å². The number of nitrogens with one attached hydrogen (secondary N) is 1. The van der Waals surface area contributed by atoms with E-state index in [2.05, 4.69) is 102 Å². The summed E-state index contributed by atoms with van der Waals surface area (Å²) in [4.78, 5) is 13.4. The molecule has 4 aromatic rings. The van der Waals surface area contributed by atoms with E-state index in [1.54, 1.807) is 6.08 Å². The minimum absolute atomic E-state index is 0.263. The molecule has 1 aliphatic heterocycles. The van der Waals surface area contributed by atoms with Crippen LogP contribution >= 0.6 is 0 Å². The van der Waals surface area contributed by atoms with E-state index in [0.29, 0.717) is 11.8 Å². The first kappa shape index (κ1) is 25.9. The van der Waals surface area contributed by atoms with E-state index in [9.17, 15) is 4.79 Å². The molecule has 38 heavy (non-hydrogen) atoms. The van der Waals surface area contributed by atoms with Crippen molar-refractivity contribution in [3.8, 4) is 0 Å². The molecule has 194 valence electrons. The quantitative estimate of drug-likeness (QED) is 0.244. The average Bonchev–Trinajstić information content (AvgIpc) is 2.96. The lowest BCUT2D eigenvalue weighted by atomic mass is 9.80. The molecule has 0 aliphatic carbocycles. The molecule has 1 saturated heterocycles. The highest BCUT2D eigenvalue weighted by atomic mass is 16.4. The number of carbonyl (C=O) groups is 1. The number of aliphatic carboxylic acids is 1. The number of carboxylic acids is 1. The summed E-state index contributed by atoms with van der Waals surface area (Å²) in [6.45, 7) is 6.24. The Kier molecular flexibility index (Phi) is 8.32. The zero-order valence-electron chi connectivity index (χ0n) is 22.0. The van der Waals surface area contributed by atoms with Crippen molar-refractivity contribution < 1.29 is 9.90 Å². The van der Waals surface area contributed by atoms with E-state index in [0.717, 1.165) is 38.2 Å². The van der Waals surface area contributed by atoms with Crippen molar-refractivity contribution in [2.24, 2.45) is 5.92 Å². The summed E-state index contributed by atoms with van der Waals surface area (Å²) in [5.41, 5.74) is 4.95. The molecule has 1 aliphatic rings. The second kappa shape index (κ2) is 12.2. The number of benzene rings is 4. The highest BCUT2D eigenvalue weighted by Crippen LogP contribution is 2.34. The lowest BCUT2D eigenvalue weighted by molar-refractivity contribution is -0.131. The fraction of sp³-hybridized carbons (Fsp3) is 0.265. The number of piperidine rings is 1. The summed E-state index contributed by atoms with van der Waals surface area (Å²) in [5.74, 6) is 0.106. The standard InChI is InChI=1S/C34H36N2O2/c1-25(31-13-7-11-29-10-5-6-12-33(29)31)35-22-30-24-36(21-20-32(30)28-8-3-2-4-9-28)23-27-16-14-26(15-17-27)18-19-34(37)38/h2-19,25,30,32,35H,20-24H2,1H3,(H,37,38)/t25-,30?,32?/m1/s1. The zero-order valence-corrected chi connectivity index (χ0v) is 22.0. The molecule has 0 amide bonds. The fourth-order valence-corrected chi connectivity index (χ4v) is 5.82. The van der Waals surface area contributed by atoms with Crippen LogP contribution in [0.25, 0.3) is 16.8 Å². The Morgan fingerprint density at radius 1 is 0.974 bits per heavy atom. The maximum atomic E-state index is 10.8. The summed E-state index contributed by atoms with van der Waals surface area (Å²) in [7, 11) is 0. The lowest BCUT2D eigenvalue weighted by Gasteiger charge is -2.39. The Labute approximate surface area is 225 Å². The number of likely N-dealkylation sites (tertiary alicyclic amines) is 1. The summed E-state index contributed by atoms with van der Waals surface area (Å²) in [6.07, 6.45) is 3.95. The van der Waals surface area contributed by atoms with Gasteiger partial charge in [-0.25, -0.2) is 4.79 Å². The van der Waals surface area contributed by atoms with Gasteiger partial charge in [0.05, 0.1) is 0 Å². The van der Waals surface area contributed by atoms with Crippen molar-refractivity contribution in [1.29, 1.82) is 0 Å². The Hall–Kier alpha value is -3.73. The van der Waals surface area contributed by atoms with E-state index < -0.39 is 5.97 Å². The Bertz CT molecular complexity index is 1380. The molecule has 4 aromatic carbocycles. The SMILES string of the molecule is C[C@@H](NCC1CN(Cc2ccc(C=CC(=O)O)cc2)CCC1c1ccccc1)c1cccc2ccccc12. The molecule has 1 heterocycles. The molecule has 0 aromatic heterocycles. The first-order chi connectivity index (χ1) is 18.6. The molecule has 3 atom stereocenters. The summed E-state index contributed by atoms with van der Waals surface area (Å²) >= 11 is 0. The van der Waals surface area contributed by atoms with E-state index in [1.807, 2.05) is 12.1 Å². The molecular formula is C34H36N2O2. The van der Waals surface area contributed by atoms with Crippen molar-refractivity contribution in [1.82, 2.24) is 10.2 Å².